The Kier molecular flexibility index (Phi) is 5.94. The van der Waals surface area contributed by atoms with Crippen LogP contribution in [0.15, 0.2) is 41.3 Å². The molecule has 3 aromatic rings. The van der Waals surface area contributed by atoms with Gasteiger partial charge >= 0.3 is 0 Å². The molecule has 8 heteroatoms. The number of hydrogen-bond acceptors (Lipinski definition) is 6. The Morgan fingerprint density at radius 3 is 2.70 bits per heavy atom. The first-order valence-electron chi connectivity index (χ1n) is 10.5. The molecule has 30 heavy (non-hydrogen) atoms. The summed E-state index contributed by atoms with van der Waals surface area (Å²) in [6, 6.07) is 5.48. The minimum absolute atomic E-state index is 0.00232. The van der Waals surface area contributed by atoms with Gasteiger partial charge in [-0.25, -0.2) is 14.6 Å². The monoisotopic (exact) mass is 408 g/mol. The van der Waals surface area contributed by atoms with Crippen molar-refractivity contribution in [3.63, 3.8) is 0 Å². The molecule has 4 rings (SSSR count). The summed E-state index contributed by atoms with van der Waals surface area (Å²) in [5.41, 5.74) is 2.24. The number of nitrogens with zero attached hydrogens (tertiary/aromatic N) is 6. The fourth-order valence-corrected chi connectivity index (χ4v) is 3.58. The van der Waals surface area contributed by atoms with Gasteiger partial charge in [0.25, 0.3) is 11.9 Å². The molecule has 8 nitrogen and oxygen atoms in total. The fraction of sp³-hybridized carbons (Fsp3) is 0.455. The standard InChI is InChI=1S/C22H28N6O2/c1-4-27(5-2)13-12-26(3)21(29)17-15-24-28(20(17)16-8-9-16)22-23-11-10-18(25-22)19-7-6-14-30-19/h6-7,10-11,14-16H,4-5,8-9,12-13H2,1-3H3. The summed E-state index contributed by atoms with van der Waals surface area (Å²) in [4.78, 5) is 26.3. The van der Waals surface area contributed by atoms with Gasteiger partial charge in [-0.15, -0.1) is 0 Å². The molecular weight excluding hydrogens is 380 g/mol. The second-order valence-corrected chi connectivity index (χ2v) is 7.60. The highest BCUT2D eigenvalue weighted by Gasteiger charge is 2.34. The predicted octanol–water partition coefficient (Wildman–Crippen LogP) is 3.21. The van der Waals surface area contributed by atoms with Crippen LogP contribution >= 0.6 is 0 Å². The van der Waals surface area contributed by atoms with Crippen LogP contribution in [0.3, 0.4) is 0 Å². The molecule has 1 saturated carbocycles. The Morgan fingerprint density at radius 1 is 1.23 bits per heavy atom. The second-order valence-electron chi connectivity index (χ2n) is 7.60. The number of furan rings is 1. The van der Waals surface area contributed by atoms with E-state index in [1.807, 2.05) is 19.2 Å². The van der Waals surface area contributed by atoms with Crippen molar-refractivity contribution in [1.82, 2.24) is 29.5 Å². The first-order valence-corrected chi connectivity index (χ1v) is 10.5. The zero-order chi connectivity index (χ0) is 21.1. The largest absolute Gasteiger partial charge is 0.463 e. The lowest BCUT2D eigenvalue weighted by Gasteiger charge is -2.23. The number of likely N-dealkylation sites (N-methyl/N-ethyl adjacent to an activating group) is 2. The normalized spacial score (nSPS) is 13.7. The molecule has 1 aliphatic rings. The van der Waals surface area contributed by atoms with Crippen molar-refractivity contribution in [1.29, 1.82) is 0 Å². The number of amides is 1. The first kappa shape index (κ1) is 20.3. The maximum absolute atomic E-state index is 13.2. The van der Waals surface area contributed by atoms with E-state index in [4.69, 9.17) is 4.42 Å². The lowest BCUT2D eigenvalue weighted by molar-refractivity contribution is 0.0778. The van der Waals surface area contributed by atoms with Gasteiger partial charge in [-0.05, 0) is 44.1 Å². The van der Waals surface area contributed by atoms with Crippen LogP contribution in [-0.2, 0) is 0 Å². The van der Waals surface area contributed by atoms with E-state index in [9.17, 15) is 4.79 Å². The van der Waals surface area contributed by atoms with E-state index in [1.54, 1.807) is 34.3 Å². The van der Waals surface area contributed by atoms with Crippen molar-refractivity contribution in [2.75, 3.05) is 33.2 Å². The topological polar surface area (TPSA) is 80.3 Å². The molecule has 0 atom stereocenters. The molecule has 158 valence electrons. The van der Waals surface area contributed by atoms with Crippen LogP contribution in [0.4, 0.5) is 0 Å². The minimum atomic E-state index is -0.00232. The summed E-state index contributed by atoms with van der Waals surface area (Å²) in [5.74, 6) is 1.44. The summed E-state index contributed by atoms with van der Waals surface area (Å²) in [6.07, 6.45) is 7.06. The third kappa shape index (κ3) is 4.14. The zero-order valence-corrected chi connectivity index (χ0v) is 17.8. The maximum Gasteiger partial charge on any atom is 0.257 e. The van der Waals surface area contributed by atoms with Gasteiger partial charge in [0, 0.05) is 32.3 Å². The van der Waals surface area contributed by atoms with E-state index in [1.165, 1.54) is 0 Å². The van der Waals surface area contributed by atoms with Crippen molar-refractivity contribution >= 4 is 5.91 Å². The van der Waals surface area contributed by atoms with E-state index >= 15 is 0 Å². The van der Waals surface area contributed by atoms with Gasteiger partial charge in [-0.1, -0.05) is 13.8 Å². The molecule has 3 heterocycles. The molecule has 0 aromatic carbocycles. The quantitative estimate of drug-likeness (QED) is 0.541. The Labute approximate surface area is 176 Å². The molecule has 0 N–H and O–H groups in total. The van der Waals surface area contributed by atoms with Gasteiger partial charge < -0.3 is 14.2 Å². The molecule has 0 aliphatic heterocycles. The summed E-state index contributed by atoms with van der Waals surface area (Å²) in [5, 5.41) is 4.50. The van der Waals surface area contributed by atoms with Crippen LogP contribution in [0.2, 0.25) is 0 Å². The third-order valence-electron chi connectivity index (χ3n) is 5.60. The molecular formula is C22H28N6O2. The van der Waals surface area contributed by atoms with E-state index < -0.39 is 0 Å². The van der Waals surface area contributed by atoms with Gasteiger partial charge in [0.05, 0.1) is 23.7 Å². The fourth-order valence-electron chi connectivity index (χ4n) is 3.58. The zero-order valence-electron chi connectivity index (χ0n) is 17.8. The third-order valence-corrected chi connectivity index (χ3v) is 5.60. The molecule has 1 aliphatic carbocycles. The van der Waals surface area contributed by atoms with E-state index in [0.29, 0.717) is 35.4 Å². The molecule has 0 bridgehead atoms. The van der Waals surface area contributed by atoms with Crippen LogP contribution in [0.1, 0.15) is 48.7 Å². The van der Waals surface area contributed by atoms with Gasteiger partial charge in [0.2, 0.25) is 0 Å². The van der Waals surface area contributed by atoms with Crippen LogP contribution < -0.4 is 0 Å². The highest BCUT2D eigenvalue weighted by atomic mass is 16.3. The smallest absolute Gasteiger partial charge is 0.257 e. The summed E-state index contributed by atoms with van der Waals surface area (Å²) >= 11 is 0. The van der Waals surface area contributed by atoms with E-state index in [2.05, 4.69) is 33.8 Å². The molecule has 0 saturated heterocycles. The highest BCUT2D eigenvalue weighted by molar-refractivity contribution is 5.95. The van der Waals surface area contributed by atoms with Gasteiger partial charge in [0.1, 0.15) is 5.69 Å². The maximum atomic E-state index is 13.2. The number of hydrogen-bond donors (Lipinski definition) is 0. The van der Waals surface area contributed by atoms with Gasteiger partial charge in [-0.3, -0.25) is 4.79 Å². The Balaban J connectivity index is 1.60. The lowest BCUT2D eigenvalue weighted by Crippen LogP contribution is -2.36. The summed E-state index contributed by atoms with van der Waals surface area (Å²) < 4.78 is 7.17. The van der Waals surface area contributed by atoms with Crippen LogP contribution in [-0.4, -0.2) is 68.7 Å². The number of carbonyl (C=O) groups excluding carboxylic acids is 1. The SMILES string of the molecule is CCN(CC)CCN(C)C(=O)c1cnn(-c2nccc(-c3ccco3)n2)c1C1CC1. The molecule has 0 radical (unpaired) electrons. The van der Waals surface area contributed by atoms with Crippen molar-refractivity contribution < 1.29 is 9.21 Å². The highest BCUT2D eigenvalue weighted by Crippen LogP contribution is 2.42. The van der Waals surface area contributed by atoms with Crippen LogP contribution in [0.5, 0.6) is 0 Å². The predicted molar refractivity (Wildman–Crippen MR) is 114 cm³/mol. The Bertz CT molecular complexity index is 989. The lowest BCUT2D eigenvalue weighted by atomic mass is 10.1. The molecule has 3 aromatic heterocycles. The molecule has 1 fully saturated rings. The second kappa shape index (κ2) is 8.79. The van der Waals surface area contributed by atoms with Crippen molar-refractivity contribution in [2.45, 2.75) is 32.6 Å². The Hall–Kier alpha value is -3.00. The van der Waals surface area contributed by atoms with E-state index in [-0.39, 0.29) is 5.91 Å². The van der Waals surface area contributed by atoms with Crippen molar-refractivity contribution in [3.05, 3.63) is 48.1 Å². The average Bonchev–Trinajstić information content (AvgIpc) is 3.28. The number of aromatic nitrogens is 4. The number of rotatable bonds is 9. The average molecular weight is 409 g/mol. The van der Waals surface area contributed by atoms with Crippen LogP contribution in [0, 0.1) is 0 Å². The Morgan fingerprint density at radius 2 is 2.03 bits per heavy atom. The van der Waals surface area contributed by atoms with Gasteiger partial charge in [0.15, 0.2) is 5.76 Å². The summed E-state index contributed by atoms with van der Waals surface area (Å²) in [6.45, 7) is 7.77. The summed E-state index contributed by atoms with van der Waals surface area (Å²) in [7, 11) is 1.86. The van der Waals surface area contributed by atoms with Crippen molar-refractivity contribution in [2.24, 2.45) is 0 Å². The minimum Gasteiger partial charge on any atom is -0.463 e. The van der Waals surface area contributed by atoms with Crippen LogP contribution in [0.25, 0.3) is 17.4 Å². The molecule has 0 spiro atoms. The molecule has 0 unspecified atom stereocenters. The first-order chi connectivity index (χ1) is 14.6. The van der Waals surface area contributed by atoms with Gasteiger partial charge in [-0.2, -0.15) is 5.10 Å². The molecule has 1 amide bonds. The number of carbonyl (C=O) groups is 1. The van der Waals surface area contributed by atoms with Crippen molar-refractivity contribution in [3.8, 4) is 17.4 Å². The van der Waals surface area contributed by atoms with E-state index in [0.717, 1.165) is 38.2 Å².